The lowest BCUT2D eigenvalue weighted by Gasteiger charge is -2.19. The van der Waals surface area contributed by atoms with Gasteiger partial charge in [0.05, 0.1) is 5.56 Å². The SMILES string of the molecule is CSCCC(NC(=O)c1ccccc1)C(=O)NCCNc1ncccc1C(F)(F)F. The minimum atomic E-state index is -4.52. The molecular weight excluding hydrogens is 417 g/mol. The van der Waals surface area contributed by atoms with E-state index in [1.165, 1.54) is 12.3 Å². The minimum absolute atomic E-state index is 0.0493. The summed E-state index contributed by atoms with van der Waals surface area (Å²) in [6, 6.07) is 9.93. The summed E-state index contributed by atoms with van der Waals surface area (Å²) in [6.45, 7) is 0.122. The second-order valence-electron chi connectivity index (χ2n) is 6.29. The number of nitrogens with zero attached hydrogens (tertiary/aromatic N) is 1. The molecule has 30 heavy (non-hydrogen) atoms. The van der Waals surface area contributed by atoms with Gasteiger partial charge in [-0.05, 0) is 42.7 Å². The van der Waals surface area contributed by atoms with Gasteiger partial charge in [-0.1, -0.05) is 18.2 Å². The number of halogens is 3. The monoisotopic (exact) mass is 440 g/mol. The summed E-state index contributed by atoms with van der Waals surface area (Å²) >= 11 is 1.54. The van der Waals surface area contributed by atoms with Gasteiger partial charge in [-0.2, -0.15) is 24.9 Å². The molecule has 1 atom stereocenters. The van der Waals surface area contributed by atoms with E-state index in [9.17, 15) is 22.8 Å². The van der Waals surface area contributed by atoms with E-state index in [2.05, 4.69) is 20.9 Å². The molecule has 2 rings (SSSR count). The van der Waals surface area contributed by atoms with Crippen molar-refractivity contribution >= 4 is 29.4 Å². The van der Waals surface area contributed by atoms with Gasteiger partial charge in [0, 0.05) is 24.8 Å². The number of carbonyl (C=O) groups is 2. The highest BCUT2D eigenvalue weighted by atomic mass is 32.2. The zero-order valence-electron chi connectivity index (χ0n) is 16.3. The summed E-state index contributed by atoms with van der Waals surface area (Å²) < 4.78 is 38.9. The number of rotatable bonds is 10. The van der Waals surface area contributed by atoms with E-state index in [0.717, 1.165) is 6.07 Å². The summed E-state index contributed by atoms with van der Waals surface area (Å²) in [6.07, 6.45) is -0.946. The van der Waals surface area contributed by atoms with Crippen LogP contribution < -0.4 is 16.0 Å². The lowest BCUT2D eigenvalue weighted by atomic mass is 10.1. The first kappa shape index (κ1) is 23.5. The molecule has 162 valence electrons. The largest absolute Gasteiger partial charge is 0.419 e. The summed E-state index contributed by atoms with van der Waals surface area (Å²) in [5.74, 6) is -0.394. The number of alkyl halides is 3. The third kappa shape index (κ3) is 7.25. The number of thioether (sulfide) groups is 1. The normalized spacial score (nSPS) is 12.1. The second-order valence-corrected chi connectivity index (χ2v) is 7.27. The lowest BCUT2D eigenvalue weighted by molar-refractivity contribution is -0.137. The highest BCUT2D eigenvalue weighted by Gasteiger charge is 2.34. The Kier molecular flexibility index (Phi) is 8.97. The highest BCUT2D eigenvalue weighted by Crippen LogP contribution is 2.33. The first-order valence-corrected chi connectivity index (χ1v) is 10.6. The molecule has 0 fully saturated rings. The van der Waals surface area contributed by atoms with Crippen LogP contribution in [0.15, 0.2) is 48.7 Å². The Morgan fingerprint density at radius 2 is 1.83 bits per heavy atom. The molecule has 0 radical (unpaired) electrons. The van der Waals surface area contributed by atoms with E-state index < -0.39 is 23.7 Å². The fraction of sp³-hybridized carbons (Fsp3) is 0.350. The standard InChI is InChI=1S/C20H23F3N4O2S/c1-30-13-9-16(27-18(28)14-6-3-2-4-7-14)19(29)26-12-11-25-17-15(20(21,22)23)8-5-10-24-17/h2-8,10,16H,9,11-13H2,1H3,(H,24,25)(H,26,29)(H,27,28). The van der Waals surface area contributed by atoms with Crippen molar-refractivity contribution in [1.82, 2.24) is 15.6 Å². The fourth-order valence-electron chi connectivity index (χ4n) is 2.60. The van der Waals surface area contributed by atoms with E-state index in [0.29, 0.717) is 17.7 Å². The summed E-state index contributed by atoms with van der Waals surface area (Å²) in [5.41, 5.74) is -0.430. The van der Waals surface area contributed by atoms with Crippen molar-refractivity contribution in [3.63, 3.8) is 0 Å². The molecule has 2 amide bonds. The van der Waals surface area contributed by atoms with Gasteiger partial charge in [-0.3, -0.25) is 9.59 Å². The van der Waals surface area contributed by atoms with Gasteiger partial charge in [-0.25, -0.2) is 4.98 Å². The molecule has 0 bridgehead atoms. The van der Waals surface area contributed by atoms with Gasteiger partial charge in [-0.15, -0.1) is 0 Å². The summed E-state index contributed by atoms with van der Waals surface area (Å²) in [7, 11) is 0. The summed E-state index contributed by atoms with van der Waals surface area (Å²) in [5, 5.41) is 7.94. The zero-order valence-corrected chi connectivity index (χ0v) is 17.1. The van der Waals surface area contributed by atoms with Crippen LogP contribution >= 0.6 is 11.8 Å². The number of carbonyl (C=O) groups excluding carboxylic acids is 2. The molecule has 0 aliphatic heterocycles. The van der Waals surface area contributed by atoms with Gasteiger partial charge in [0.25, 0.3) is 5.91 Å². The van der Waals surface area contributed by atoms with Crippen LogP contribution in [-0.2, 0) is 11.0 Å². The maximum absolute atomic E-state index is 13.0. The van der Waals surface area contributed by atoms with E-state index in [1.807, 2.05) is 6.26 Å². The van der Waals surface area contributed by atoms with Gasteiger partial charge in [0.1, 0.15) is 11.9 Å². The van der Waals surface area contributed by atoms with Crippen molar-refractivity contribution in [3.05, 3.63) is 59.8 Å². The van der Waals surface area contributed by atoms with Crippen LogP contribution in [0.25, 0.3) is 0 Å². The third-order valence-electron chi connectivity index (χ3n) is 4.10. The highest BCUT2D eigenvalue weighted by molar-refractivity contribution is 7.98. The molecule has 0 saturated heterocycles. The number of pyridine rings is 1. The molecule has 0 aliphatic rings. The van der Waals surface area contributed by atoms with Crippen molar-refractivity contribution in [3.8, 4) is 0 Å². The van der Waals surface area contributed by atoms with Crippen molar-refractivity contribution < 1.29 is 22.8 Å². The van der Waals surface area contributed by atoms with Crippen LogP contribution in [0.2, 0.25) is 0 Å². The average Bonchev–Trinajstić information content (AvgIpc) is 2.74. The number of hydrogen-bond donors (Lipinski definition) is 3. The second kappa shape index (κ2) is 11.4. The van der Waals surface area contributed by atoms with Crippen LogP contribution in [0.3, 0.4) is 0 Å². The number of benzene rings is 1. The van der Waals surface area contributed by atoms with Gasteiger partial charge >= 0.3 is 6.18 Å². The third-order valence-corrected chi connectivity index (χ3v) is 4.74. The average molecular weight is 440 g/mol. The van der Waals surface area contributed by atoms with E-state index in [4.69, 9.17) is 0 Å². The van der Waals surface area contributed by atoms with E-state index in [-0.39, 0.29) is 24.8 Å². The van der Waals surface area contributed by atoms with Crippen LogP contribution in [0, 0.1) is 0 Å². The van der Waals surface area contributed by atoms with Crippen molar-refractivity contribution in [1.29, 1.82) is 0 Å². The zero-order chi connectivity index (χ0) is 22.0. The lowest BCUT2D eigenvalue weighted by Crippen LogP contribution is -2.48. The van der Waals surface area contributed by atoms with Crippen LogP contribution in [0.5, 0.6) is 0 Å². The van der Waals surface area contributed by atoms with Gasteiger partial charge in [0.2, 0.25) is 5.91 Å². The molecule has 0 spiro atoms. The molecular formula is C20H23F3N4O2S. The van der Waals surface area contributed by atoms with Crippen molar-refractivity contribution in [2.24, 2.45) is 0 Å². The van der Waals surface area contributed by atoms with Crippen molar-refractivity contribution in [2.75, 3.05) is 30.4 Å². The number of hydrogen-bond acceptors (Lipinski definition) is 5. The Balaban J connectivity index is 1.89. The topological polar surface area (TPSA) is 83.1 Å². The Bertz CT molecular complexity index is 834. The molecule has 1 unspecified atom stereocenters. The molecule has 3 N–H and O–H groups in total. The van der Waals surface area contributed by atoms with Crippen LogP contribution in [0.1, 0.15) is 22.3 Å². The molecule has 0 saturated carbocycles. The summed E-state index contributed by atoms with van der Waals surface area (Å²) in [4.78, 5) is 28.5. The predicted octanol–water partition coefficient (Wildman–Crippen LogP) is 3.18. The maximum Gasteiger partial charge on any atom is 0.419 e. The van der Waals surface area contributed by atoms with E-state index in [1.54, 1.807) is 42.1 Å². The van der Waals surface area contributed by atoms with Gasteiger partial charge in [0.15, 0.2) is 0 Å². The number of anilines is 1. The first-order valence-electron chi connectivity index (χ1n) is 9.21. The van der Waals surface area contributed by atoms with Crippen LogP contribution in [0.4, 0.5) is 19.0 Å². The Hall–Kier alpha value is -2.75. The Morgan fingerprint density at radius 3 is 2.50 bits per heavy atom. The molecule has 6 nitrogen and oxygen atoms in total. The first-order chi connectivity index (χ1) is 14.3. The Labute approximate surface area is 177 Å². The molecule has 1 aromatic carbocycles. The quantitative estimate of drug-likeness (QED) is 0.495. The fourth-order valence-corrected chi connectivity index (χ4v) is 3.07. The molecule has 2 aromatic rings. The number of nitrogens with one attached hydrogen (secondary N) is 3. The molecule has 0 aliphatic carbocycles. The predicted molar refractivity (Wildman–Crippen MR) is 111 cm³/mol. The number of amides is 2. The van der Waals surface area contributed by atoms with E-state index >= 15 is 0 Å². The molecule has 10 heteroatoms. The smallest absolute Gasteiger partial charge is 0.368 e. The van der Waals surface area contributed by atoms with Crippen molar-refractivity contribution in [2.45, 2.75) is 18.6 Å². The number of aromatic nitrogens is 1. The molecule has 1 aromatic heterocycles. The minimum Gasteiger partial charge on any atom is -0.368 e. The van der Waals surface area contributed by atoms with Gasteiger partial charge < -0.3 is 16.0 Å². The Morgan fingerprint density at radius 1 is 1.10 bits per heavy atom. The van der Waals surface area contributed by atoms with Crippen LogP contribution in [-0.4, -0.2) is 47.9 Å². The maximum atomic E-state index is 13.0. The molecule has 1 heterocycles.